The van der Waals surface area contributed by atoms with Crippen LogP contribution in [0, 0.1) is 17.8 Å². The van der Waals surface area contributed by atoms with E-state index in [1.165, 1.54) is 32.2 Å². The highest BCUT2D eigenvalue weighted by molar-refractivity contribution is 4.93. The zero-order chi connectivity index (χ0) is 11.7. The number of hydrogen-bond acceptors (Lipinski definition) is 2. The summed E-state index contributed by atoms with van der Waals surface area (Å²) in [6.07, 6.45) is 5.59. The van der Waals surface area contributed by atoms with Crippen molar-refractivity contribution in [3.05, 3.63) is 0 Å². The molecule has 4 unspecified atom stereocenters. The summed E-state index contributed by atoms with van der Waals surface area (Å²) in [5.41, 5.74) is 5.83. The van der Waals surface area contributed by atoms with E-state index in [4.69, 9.17) is 5.73 Å². The first-order valence-electron chi connectivity index (χ1n) is 7.09. The van der Waals surface area contributed by atoms with Gasteiger partial charge in [-0.25, -0.2) is 0 Å². The van der Waals surface area contributed by atoms with Crippen molar-refractivity contribution in [3.63, 3.8) is 0 Å². The molecule has 1 aliphatic carbocycles. The molecule has 2 heteroatoms. The van der Waals surface area contributed by atoms with Crippen molar-refractivity contribution in [1.82, 2.24) is 4.90 Å². The van der Waals surface area contributed by atoms with Gasteiger partial charge in [0, 0.05) is 18.6 Å². The van der Waals surface area contributed by atoms with Gasteiger partial charge in [0.15, 0.2) is 0 Å². The summed E-state index contributed by atoms with van der Waals surface area (Å²) in [6, 6.07) is 1.57. The van der Waals surface area contributed by atoms with Gasteiger partial charge in [-0.1, -0.05) is 20.3 Å². The Hall–Kier alpha value is -0.0800. The maximum atomic E-state index is 5.83. The molecule has 1 aliphatic heterocycles. The topological polar surface area (TPSA) is 29.3 Å². The molecular formula is C14H28N2. The van der Waals surface area contributed by atoms with Crippen LogP contribution in [0.3, 0.4) is 0 Å². The second-order valence-electron chi connectivity index (χ2n) is 6.26. The van der Waals surface area contributed by atoms with Gasteiger partial charge in [-0.05, 0) is 50.5 Å². The van der Waals surface area contributed by atoms with Crippen molar-refractivity contribution in [2.45, 2.75) is 58.5 Å². The highest BCUT2D eigenvalue weighted by Crippen LogP contribution is 2.37. The molecule has 2 rings (SSSR count). The molecule has 0 aromatic heterocycles. The van der Waals surface area contributed by atoms with Crippen LogP contribution >= 0.6 is 0 Å². The van der Waals surface area contributed by atoms with Crippen LogP contribution in [0.2, 0.25) is 0 Å². The second kappa shape index (κ2) is 5.05. The Morgan fingerprint density at radius 2 is 1.75 bits per heavy atom. The third kappa shape index (κ3) is 2.28. The fourth-order valence-electron chi connectivity index (χ4n) is 4.07. The first kappa shape index (κ1) is 12.4. The number of hydrogen-bond donors (Lipinski definition) is 1. The van der Waals surface area contributed by atoms with Crippen LogP contribution in [-0.2, 0) is 0 Å². The van der Waals surface area contributed by atoms with Crippen molar-refractivity contribution in [2.24, 2.45) is 23.5 Å². The molecule has 0 aromatic rings. The van der Waals surface area contributed by atoms with Crippen LogP contribution in [0.5, 0.6) is 0 Å². The van der Waals surface area contributed by atoms with Crippen molar-refractivity contribution in [2.75, 3.05) is 13.1 Å². The Bertz CT molecular complexity index is 219. The van der Waals surface area contributed by atoms with Gasteiger partial charge in [-0.3, -0.25) is 4.90 Å². The fraction of sp³-hybridized carbons (Fsp3) is 1.00. The Balaban J connectivity index is 2.04. The lowest BCUT2D eigenvalue weighted by Gasteiger charge is -2.43. The average Bonchev–Trinajstić information content (AvgIpc) is 2.60. The zero-order valence-corrected chi connectivity index (χ0v) is 11.2. The number of nitrogens with two attached hydrogens (primary N) is 1. The number of nitrogens with zero attached hydrogens (tertiary/aromatic N) is 1. The largest absolute Gasteiger partial charge is 0.330 e. The van der Waals surface area contributed by atoms with Crippen LogP contribution in [0.4, 0.5) is 0 Å². The minimum Gasteiger partial charge on any atom is -0.330 e. The zero-order valence-electron chi connectivity index (χ0n) is 11.2. The van der Waals surface area contributed by atoms with E-state index in [1.807, 2.05) is 0 Å². The van der Waals surface area contributed by atoms with Crippen LogP contribution < -0.4 is 5.73 Å². The van der Waals surface area contributed by atoms with Gasteiger partial charge in [0.25, 0.3) is 0 Å². The van der Waals surface area contributed by atoms with Crippen LogP contribution in [-0.4, -0.2) is 30.1 Å². The highest BCUT2D eigenvalue weighted by atomic mass is 15.2. The Morgan fingerprint density at radius 3 is 2.25 bits per heavy atom. The summed E-state index contributed by atoms with van der Waals surface area (Å²) < 4.78 is 0. The predicted octanol–water partition coefficient (Wildman–Crippen LogP) is 2.48. The molecule has 2 aliphatic rings. The molecule has 1 saturated carbocycles. The van der Waals surface area contributed by atoms with Gasteiger partial charge in [0.2, 0.25) is 0 Å². The molecule has 0 spiro atoms. The normalized spacial score (nSPS) is 46.1. The van der Waals surface area contributed by atoms with E-state index in [0.717, 1.165) is 36.4 Å². The quantitative estimate of drug-likeness (QED) is 0.781. The summed E-state index contributed by atoms with van der Waals surface area (Å²) in [5, 5.41) is 0. The van der Waals surface area contributed by atoms with E-state index >= 15 is 0 Å². The van der Waals surface area contributed by atoms with Gasteiger partial charge >= 0.3 is 0 Å². The van der Waals surface area contributed by atoms with E-state index in [2.05, 4.69) is 25.7 Å². The third-order valence-corrected chi connectivity index (χ3v) is 4.91. The van der Waals surface area contributed by atoms with Gasteiger partial charge in [-0.2, -0.15) is 0 Å². The van der Waals surface area contributed by atoms with E-state index in [1.54, 1.807) is 0 Å². The minimum atomic E-state index is 0.747. The van der Waals surface area contributed by atoms with Crippen molar-refractivity contribution < 1.29 is 0 Å². The van der Waals surface area contributed by atoms with Gasteiger partial charge in [0.1, 0.15) is 0 Å². The van der Waals surface area contributed by atoms with E-state index in [9.17, 15) is 0 Å². The minimum absolute atomic E-state index is 0.747. The van der Waals surface area contributed by atoms with Crippen LogP contribution in [0.1, 0.15) is 46.5 Å². The number of likely N-dealkylation sites (tertiary alicyclic amines) is 1. The maximum Gasteiger partial charge on any atom is 0.0149 e. The molecule has 4 atom stereocenters. The molecule has 16 heavy (non-hydrogen) atoms. The average molecular weight is 224 g/mol. The molecule has 2 nitrogen and oxygen atoms in total. The molecule has 94 valence electrons. The second-order valence-corrected chi connectivity index (χ2v) is 6.26. The van der Waals surface area contributed by atoms with Crippen LogP contribution in [0.25, 0.3) is 0 Å². The molecule has 0 bridgehead atoms. The molecule has 2 N–H and O–H groups in total. The summed E-state index contributed by atoms with van der Waals surface area (Å²) in [7, 11) is 0. The lowest BCUT2D eigenvalue weighted by Crippen LogP contribution is -2.47. The van der Waals surface area contributed by atoms with Crippen LogP contribution in [0.15, 0.2) is 0 Å². The van der Waals surface area contributed by atoms with E-state index in [-0.39, 0.29) is 0 Å². The smallest absolute Gasteiger partial charge is 0.0149 e. The van der Waals surface area contributed by atoms with E-state index in [0.29, 0.717) is 0 Å². The Morgan fingerprint density at radius 1 is 1.12 bits per heavy atom. The molecule has 0 radical (unpaired) electrons. The summed E-state index contributed by atoms with van der Waals surface area (Å²) in [6.45, 7) is 9.41. The summed E-state index contributed by atoms with van der Waals surface area (Å²) in [4.78, 5) is 2.77. The lowest BCUT2D eigenvalue weighted by molar-refractivity contribution is 0.0625. The lowest BCUT2D eigenvalue weighted by atomic mass is 9.77. The standard InChI is InChI=1S/C14H28N2/c1-10-5-4-6-11(2)14(10)16-9-13(8-15)7-12(16)3/h10-14H,4-9,15H2,1-3H3. The fourth-order valence-corrected chi connectivity index (χ4v) is 4.07. The molecule has 1 saturated heterocycles. The first-order chi connectivity index (χ1) is 7.63. The molecule has 0 aromatic carbocycles. The maximum absolute atomic E-state index is 5.83. The monoisotopic (exact) mass is 224 g/mol. The molecule has 1 heterocycles. The number of rotatable bonds is 2. The van der Waals surface area contributed by atoms with Crippen molar-refractivity contribution >= 4 is 0 Å². The van der Waals surface area contributed by atoms with Gasteiger partial charge in [-0.15, -0.1) is 0 Å². The molecule has 2 fully saturated rings. The van der Waals surface area contributed by atoms with Gasteiger partial charge in [0.05, 0.1) is 0 Å². The Labute approximate surface area is 101 Å². The third-order valence-electron chi connectivity index (χ3n) is 4.91. The first-order valence-corrected chi connectivity index (χ1v) is 7.09. The van der Waals surface area contributed by atoms with Gasteiger partial charge < -0.3 is 5.73 Å². The highest BCUT2D eigenvalue weighted by Gasteiger charge is 2.39. The summed E-state index contributed by atoms with van der Waals surface area (Å²) >= 11 is 0. The SMILES string of the molecule is CC1CCCC(C)C1N1CC(CN)CC1C. The van der Waals surface area contributed by atoms with Crippen molar-refractivity contribution in [3.8, 4) is 0 Å². The summed E-state index contributed by atoms with van der Waals surface area (Å²) in [5.74, 6) is 2.50. The molecular weight excluding hydrogens is 196 g/mol. The predicted molar refractivity (Wildman–Crippen MR) is 69.3 cm³/mol. The molecule has 0 amide bonds. The Kier molecular flexibility index (Phi) is 3.91. The van der Waals surface area contributed by atoms with Crippen molar-refractivity contribution in [1.29, 1.82) is 0 Å². The van der Waals surface area contributed by atoms with E-state index < -0.39 is 0 Å².